The Labute approximate surface area is 133 Å². The topological polar surface area (TPSA) is 41.2 Å². The SMILES string of the molecule is CN1C(c2cc3cccc(F)c3o2)=NOC12CN1CCC2CC1. The number of nitrogens with zero attached hydrogens (tertiary/aromatic N) is 3. The molecule has 120 valence electrons. The molecule has 0 saturated carbocycles. The van der Waals surface area contributed by atoms with Gasteiger partial charge in [-0.05, 0) is 38.1 Å². The lowest BCUT2D eigenvalue weighted by Gasteiger charge is -2.52. The van der Waals surface area contributed by atoms with Crippen LogP contribution in [0.2, 0.25) is 0 Å². The molecule has 5 heterocycles. The van der Waals surface area contributed by atoms with Crippen LogP contribution in [-0.4, -0.2) is 48.0 Å². The molecule has 23 heavy (non-hydrogen) atoms. The van der Waals surface area contributed by atoms with Crippen molar-refractivity contribution in [3.8, 4) is 0 Å². The summed E-state index contributed by atoms with van der Waals surface area (Å²) in [6.07, 6.45) is 2.25. The Morgan fingerprint density at radius 2 is 2.13 bits per heavy atom. The average Bonchev–Trinajstić information content (AvgIpc) is 3.13. The maximum Gasteiger partial charge on any atom is 0.226 e. The van der Waals surface area contributed by atoms with Crippen LogP contribution in [0.4, 0.5) is 4.39 Å². The first-order valence-corrected chi connectivity index (χ1v) is 8.08. The van der Waals surface area contributed by atoms with E-state index >= 15 is 0 Å². The molecule has 5 nitrogen and oxygen atoms in total. The van der Waals surface area contributed by atoms with Gasteiger partial charge in [0.1, 0.15) is 0 Å². The standard InChI is InChI=1S/C17H18FN3O2/c1-20-16(14-9-11-3-2-4-13(18)15(11)22-14)19-23-17(20)10-21-7-5-12(17)6-8-21/h2-4,9,12H,5-8,10H2,1H3. The molecule has 1 aromatic carbocycles. The van der Waals surface area contributed by atoms with Crippen LogP contribution in [0.15, 0.2) is 33.8 Å². The fourth-order valence-electron chi connectivity index (χ4n) is 4.25. The molecular weight excluding hydrogens is 297 g/mol. The highest BCUT2D eigenvalue weighted by Gasteiger charge is 2.56. The molecule has 1 aromatic heterocycles. The van der Waals surface area contributed by atoms with Crippen molar-refractivity contribution in [2.24, 2.45) is 11.1 Å². The van der Waals surface area contributed by atoms with Crippen LogP contribution in [0, 0.1) is 11.7 Å². The summed E-state index contributed by atoms with van der Waals surface area (Å²) in [5, 5.41) is 5.05. The molecule has 2 aromatic rings. The summed E-state index contributed by atoms with van der Waals surface area (Å²) in [5.74, 6) is 1.32. The lowest BCUT2D eigenvalue weighted by atomic mass is 9.80. The lowest BCUT2D eigenvalue weighted by molar-refractivity contribution is -0.190. The molecule has 1 spiro atoms. The number of hydrogen-bond acceptors (Lipinski definition) is 5. The quantitative estimate of drug-likeness (QED) is 0.811. The maximum atomic E-state index is 13.9. The third-order valence-corrected chi connectivity index (χ3v) is 5.57. The Bertz CT molecular complexity index is 809. The van der Waals surface area contributed by atoms with Crippen molar-refractivity contribution in [2.45, 2.75) is 18.6 Å². The summed E-state index contributed by atoms with van der Waals surface area (Å²) in [6, 6.07) is 6.76. The first-order chi connectivity index (χ1) is 11.2. The van der Waals surface area contributed by atoms with E-state index in [1.54, 1.807) is 6.07 Å². The van der Waals surface area contributed by atoms with Gasteiger partial charge in [0.2, 0.25) is 11.6 Å². The van der Waals surface area contributed by atoms with Gasteiger partial charge in [-0.15, -0.1) is 0 Å². The highest BCUT2D eigenvalue weighted by Crippen LogP contribution is 2.43. The number of amidine groups is 1. The number of likely N-dealkylation sites (N-methyl/N-ethyl adjacent to an activating group) is 1. The molecular formula is C17H18FN3O2. The molecule has 1 unspecified atom stereocenters. The Morgan fingerprint density at radius 3 is 2.83 bits per heavy atom. The number of benzene rings is 1. The van der Waals surface area contributed by atoms with Gasteiger partial charge in [-0.2, -0.15) is 0 Å². The van der Waals surface area contributed by atoms with Gasteiger partial charge in [-0.25, -0.2) is 4.39 Å². The zero-order valence-corrected chi connectivity index (χ0v) is 13.0. The minimum atomic E-state index is -0.399. The van der Waals surface area contributed by atoms with E-state index in [9.17, 15) is 4.39 Å². The fraction of sp³-hybridized carbons (Fsp3) is 0.471. The molecule has 1 atom stereocenters. The second-order valence-corrected chi connectivity index (χ2v) is 6.73. The molecule has 2 bridgehead atoms. The smallest absolute Gasteiger partial charge is 0.226 e. The largest absolute Gasteiger partial charge is 0.450 e. The fourth-order valence-corrected chi connectivity index (χ4v) is 4.25. The number of para-hydroxylation sites is 1. The Balaban J connectivity index is 1.53. The number of rotatable bonds is 1. The van der Waals surface area contributed by atoms with E-state index in [4.69, 9.17) is 9.25 Å². The highest BCUT2D eigenvalue weighted by molar-refractivity contribution is 6.00. The van der Waals surface area contributed by atoms with Crippen LogP contribution in [0.25, 0.3) is 11.0 Å². The normalized spacial score (nSPS) is 32.6. The zero-order chi connectivity index (χ0) is 15.6. The molecule has 4 aliphatic heterocycles. The summed E-state index contributed by atoms with van der Waals surface area (Å²) in [7, 11) is 2.00. The maximum absolute atomic E-state index is 13.9. The van der Waals surface area contributed by atoms with Gasteiger partial charge in [0.15, 0.2) is 17.2 Å². The van der Waals surface area contributed by atoms with Gasteiger partial charge < -0.3 is 14.2 Å². The minimum Gasteiger partial charge on any atom is -0.450 e. The third-order valence-electron chi connectivity index (χ3n) is 5.57. The number of halogens is 1. The third kappa shape index (κ3) is 1.72. The van der Waals surface area contributed by atoms with Crippen molar-refractivity contribution >= 4 is 16.8 Å². The number of hydrogen-bond donors (Lipinski definition) is 0. The monoisotopic (exact) mass is 315 g/mol. The summed E-state index contributed by atoms with van der Waals surface area (Å²) in [6.45, 7) is 3.12. The van der Waals surface area contributed by atoms with Crippen LogP contribution < -0.4 is 0 Å². The van der Waals surface area contributed by atoms with Crippen molar-refractivity contribution in [3.63, 3.8) is 0 Å². The second kappa shape index (κ2) is 4.47. The van der Waals surface area contributed by atoms with Crippen molar-refractivity contribution in [2.75, 3.05) is 26.7 Å². The van der Waals surface area contributed by atoms with E-state index in [2.05, 4.69) is 15.0 Å². The summed E-state index contributed by atoms with van der Waals surface area (Å²) in [4.78, 5) is 10.4. The summed E-state index contributed by atoms with van der Waals surface area (Å²) >= 11 is 0. The van der Waals surface area contributed by atoms with E-state index in [1.807, 2.05) is 19.2 Å². The van der Waals surface area contributed by atoms with Gasteiger partial charge in [0.05, 0.1) is 6.54 Å². The molecule has 3 saturated heterocycles. The molecule has 6 heteroatoms. The Morgan fingerprint density at radius 1 is 1.30 bits per heavy atom. The van der Waals surface area contributed by atoms with Gasteiger partial charge in [-0.1, -0.05) is 17.3 Å². The predicted molar refractivity (Wildman–Crippen MR) is 83.5 cm³/mol. The van der Waals surface area contributed by atoms with Crippen molar-refractivity contribution in [3.05, 3.63) is 35.8 Å². The number of furan rings is 1. The Kier molecular flexibility index (Phi) is 2.60. The van der Waals surface area contributed by atoms with E-state index in [-0.39, 0.29) is 11.4 Å². The van der Waals surface area contributed by atoms with Crippen LogP contribution in [-0.2, 0) is 4.84 Å². The summed E-state index contributed by atoms with van der Waals surface area (Å²) in [5.41, 5.74) is -0.128. The average molecular weight is 315 g/mol. The van der Waals surface area contributed by atoms with Gasteiger partial charge >= 0.3 is 0 Å². The molecule has 3 fully saturated rings. The van der Waals surface area contributed by atoms with E-state index < -0.39 is 5.72 Å². The van der Waals surface area contributed by atoms with E-state index in [0.29, 0.717) is 17.5 Å². The van der Waals surface area contributed by atoms with Crippen LogP contribution in [0.3, 0.4) is 0 Å². The van der Waals surface area contributed by atoms with Gasteiger partial charge in [0, 0.05) is 18.4 Å². The zero-order valence-electron chi connectivity index (χ0n) is 13.0. The minimum absolute atomic E-state index is 0.272. The number of piperidine rings is 3. The molecule has 4 aliphatic rings. The van der Waals surface area contributed by atoms with Crippen LogP contribution in [0.1, 0.15) is 18.6 Å². The molecule has 0 radical (unpaired) electrons. The number of oxime groups is 1. The summed E-state index contributed by atoms with van der Waals surface area (Å²) < 4.78 is 19.6. The van der Waals surface area contributed by atoms with Crippen molar-refractivity contribution < 1.29 is 13.6 Å². The van der Waals surface area contributed by atoms with E-state index in [0.717, 1.165) is 37.9 Å². The molecule has 0 aliphatic carbocycles. The predicted octanol–water partition coefficient (Wildman–Crippen LogP) is 2.62. The van der Waals surface area contributed by atoms with E-state index in [1.165, 1.54) is 6.07 Å². The molecule has 0 N–H and O–H groups in total. The van der Waals surface area contributed by atoms with Crippen molar-refractivity contribution in [1.29, 1.82) is 0 Å². The first kappa shape index (κ1) is 13.4. The lowest BCUT2D eigenvalue weighted by Crippen LogP contribution is -2.65. The second-order valence-electron chi connectivity index (χ2n) is 6.73. The van der Waals surface area contributed by atoms with Crippen LogP contribution >= 0.6 is 0 Å². The Hall–Kier alpha value is -2.08. The molecule has 0 amide bonds. The van der Waals surface area contributed by atoms with Crippen molar-refractivity contribution in [1.82, 2.24) is 9.80 Å². The first-order valence-electron chi connectivity index (χ1n) is 8.08. The van der Waals surface area contributed by atoms with Gasteiger partial charge in [-0.3, -0.25) is 4.90 Å². The molecule has 6 rings (SSSR count). The number of fused-ring (bicyclic) bond motifs is 3. The highest BCUT2D eigenvalue weighted by atomic mass is 19.1. The van der Waals surface area contributed by atoms with Gasteiger partial charge in [0.25, 0.3) is 0 Å². The van der Waals surface area contributed by atoms with Crippen LogP contribution in [0.5, 0.6) is 0 Å².